The van der Waals surface area contributed by atoms with Gasteiger partial charge in [-0.25, -0.2) is 4.79 Å². The van der Waals surface area contributed by atoms with Crippen molar-refractivity contribution in [3.63, 3.8) is 0 Å². The molecule has 0 spiro atoms. The summed E-state index contributed by atoms with van der Waals surface area (Å²) in [5.74, 6) is -0.242. The lowest BCUT2D eigenvalue weighted by molar-refractivity contribution is 0.0686. The Morgan fingerprint density at radius 1 is 1.29 bits per heavy atom. The van der Waals surface area contributed by atoms with Gasteiger partial charge in [0.15, 0.2) is 11.5 Å². The summed E-state index contributed by atoms with van der Waals surface area (Å²) in [7, 11) is 0. The Labute approximate surface area is 88.6 Å². The predicted octanol–water partition coefficient (Wildman–Crippen LogP) is 1.92. The third kappa shape index (κ3) is 1.43. The fourth-order valence-corrected chi connectivity index (χ4v) is 1.70. The Bertz CT molecular complexity index is 389. The Balaban J connectivity index is 2.59. The second-order valence-corrected chi connectivity index (χ2v) is 3.61. The number of carboxylic acid groups (broad SMARTS) is 1. The molecule has 4 nitrogen and oxygen atoms in total. The van der Waals surface area contributed by atoms with Gasteiger partial charge in [-0.3, -0.25) is 0 Å². The SMILES string of the molecule is O=C(O)c1ccc(Br)c2c1OCCO2. The van der Waals surface area contributed by atoms with Crippen molar-refractivity contribution in [2.75, 3.05) is 13.2 Å². The van der Waals surface area contributed by atoms with Crippen LogP contribution >= 0.6 is 15.9 Å². The van der Waals surface area contributed by atoms with Gasteiger partial charge in [0.05, 0.1) is 4.47 Å². The minimum absolute atomic E-state index is 0.128. The molecule has 1 aliphatic rings. The van der Waals surface area contributed by atoms with E-state index in [2.05, 4.69) is 15.9 Å². The minimum Gasteiger partial charge on any atom is -0.485 e. The van der Waals surface area contributed by atoms with Crippen LogP contribution in [0.4, 0.5) is 0 Å². The third-order valence-electron chi connectivity index (χ3n) is 1.87. The number of fused-ring (bicyclic) bond motifs is 1. The molecule has 0 saturated heterocycles. The molecule has 0 bridgehead atoms. The molecule has 0 aromatic heterocycles. The first-order valence-electron chi connectivity index (χ1n) is 4.01. The Morgan fingerprint density at radius 3 is 2.57 bits per heavy atom. The van der Waals surface area contributed by atoms with Crippen molar-refractivity contribution in [3.8, 4) is 11.5 Å². The molecule has 0 atom stereocenters. The van der Waals surface area contributed by atoms with E-state index in [9.17, 15) is 4.79 Å². The van der Waals surface area contributed by atoms with Gasteiger partial charge in [0, 0.05) is 0 Å². The molecule has 0 radical (unpaired) electrons. The number of hydrogen-bond donors (Lipinski definition) is 1. The van der Waals surface area contributed by atoms with Crippen LogP contribution in [-0.4, -0.2) is 24.3 Å². The smallest absolute Gasteiger partial charge is 0.339 e. The summed E-state index contributed by atoms with van der Waals surface area (Å²) in [6.07, 6.45) is 0. The van der Waals surface area contributed by atoms with Crippen molar-refractivity contribution in [2.24, 2.45) is 0 Å². The highest BCUT2D eigenvalue weighted by Crippen LogP contribution is 2.40. The average Bonchev–Trinajstić information content (AvgIpc) is 2.18. The van der Waals surface area contributed by atoms with Gasteiger partial charge >= 0.3 is 5.97 Å². The number of carboxylic acids is 1. The number of benzene rings is 1. The Morgan fingerprint density at radius 2 is 1.93 bits per heavy atom. The number of carbonyl (C=O) groups is 1. The maximum atomic E-state index is 10.8. The lowest BCUT2D eigenvalue weighted by atomic mass is 10.2. The van der Waals surface area contributed by atoms with Crippen molar-refractivity contribution in [3.05, 3.63) is 22.2 Å². The minimum atomic E-state index is -1.01. The van der Waals surface area contributed by atoms with Gasteiger partial charge in [0.25, 0.3) is 0 Å². The molecule has 0 saturated carbocycles. The largest absolute Gasteiger partial charge is 0.485 e. The topological polar surface area (TPSA) is 55.8 Å². The van der Waals surface area contributed by atoms with Crippen LogP contribution in [0, 0.1) is 0 Å². The molecular weight excluding hydrogens is 252 g/mol. The van der Waals surface area contributed by atoms with Gasteiger partial charge in [0.2, 0.25) is 0 Å². The molecule has 1 N–H and O–H groups in total. The first kappa shape index (κ1) is 9.33. The third-order valence-corrected chi connectivity index (χ3v) is 2.50. The van der Waals surface area contributed by atoms with Crippen LogP contribution in [0.1, 0.15) is 10.4 Å². The molecular formula is C9H7BrO4. The van der Waals surface area contributed by atoms with E-state index >= 15 is 0 Å². The van der Waals surface area contributed by atoms with E-state index in [0.29, 0.717) is 29.2 Å². The zero-order valence-corrected chi connectivity index (χ0v) is 8.70. The first-order valence-corrected chi connectivity index (χ1v) is 4.81. The number of ether oxygens (including phenoxy) is 2. The second-order valence-electron chi connectivity index (χ2n) is 2.76. The molecule has 0 amide bonds. The van der Waals surface area contributed by atoms with Crippen LogP contribution in [0.2, 0.25) is 0 Å². The highest BCUT2D eigenvalue weighted by molar-refractivity contribution is 9.10. The summed E-state index contributed by atoms with van der Waals surface area (Å²) in [5, 5.41) is 8.88. The quantitative estimate of drug-likeness (QED) is 0.837. The number of hydrogen-bond acceptors (Lipinski definition) is 3. The van der Waals surface area contributed by atoms with Crippen LogP contribution in [0.25, 0.3) is 0 Å². The maximum Gasteiger partial charge on any atom is 0.339 e. The number of halogens is 1. The zero-order valence-electron chi connectivity index (χ0n) is 7.12. The van der Waals surface area contributed by atoms with Gasteiger partial charge in [-0.2, -0.15) is 0 Å². The van der Waals surface area contributed by atoms with E-state index in [1.807, 2.05) is 0 Å². The van der Waals surface area contributed by atoms with Gasteiger partial charge in [-0.15, -0.1) is 0 Å². The Hall–Kier alpha value is -1.23. The van der Waals surface area contributed by atoms with Crippen LogP contribution in [0.3, 0.4) is 0 Å². The van der Waals surface area contributed by atoms with Gasteiger partial charge in [-0.1, -0.05) is 0 Å². The Kier molecular flexibility index (Phi) is 2.33. The molecule has 1 heterocycles. The summed E-state index contributed by atoms with van der Waals surface area (Å²) < 4.78 is 11.3. The summed E-state index contributed by atoms with van der Waals surface area (Å²) >= 11 is 3.27. The fourth-order valence-electron chi connectivity index (χ4n) is 1.27. The fraction of sp³-hybridized carbons (Fsp3) is 0.222. The standard InChI is InChI=1S/C9H7BrO4/c10-6-2-1-5(9(11)12)7-8(6)14-4-3-13-7/h1-2H,3-4H2,(H,11,12). The van der Waals surface area contributed by atoms with Crippen molar-refractivity contribution in [1.82, 2.24) is 0 Å². The second kappa shape index (κ2) is 3.49. The zero-order chi connectivity index (χ0) is 10.1. The summed E-state index contributed by atoms with van der Waals surface area (Å²) in [6, 6.07) is 3.12. The van der Waals surface area contributed by atoms with E-state index in [-0.39, 0.29) is 5.56 Å². The van der Waals surface area contributed by atoms with Crippen molar-refractivity contribution in [2.45, 2.75) is 0 Å². The summed E-state index contributed by atoms with van der Waals surface area (Å²) in [4.78, 5) is 10.8. The van der Waals surface area contributed by atoms with Crippen LogP contribution in [0.15, 0.2) is 16.6 Å². The van der Waals surface area contributed by atoms with Crippen LogP contribution in [-0.2, 0) is 0 Å². The molecule has 5 heteroatoms. The molecule has 14 heavy (non-hydrogen) atoms. The summed E-state index contributed by atoms with van der Waals surface area (Å²) in [5.41, 5.74) is 0.128. The van der Waals surface area contributed by atoms with E-state index in [1.54, 1.807) is 6.07 Å². The number of rotatable bonds is 1. The average molecular weight is 259 g/mol. The van der Waals surface area contributed by atoms with Crippen LogP contribution in [0.5, 0.6) is 11.5 Å². The normalized spacial score (nSPS) is 13.8. The molecule has 0 unspecified atom stereocenters. The molecule has 2 rings (SSSR count). The highest BCUT2D eigenvalue weighted by atomic mass is 79.9. The molecule has 1 aliphatic heterocycles. The molecule has 1 aromatic rings. The molecule has 0 fully saturated rings. The lowest BCUT2D eigenvalue weighted by Crippen LogP contribution is -2.18. The van der Waals surface area contributed by atoms with E-state index in [0.717, 1.165) is 0 Å². The van der Waals surface area contributed by atoms with Gasteiger partial charge in [0.1, 0.15) is 18.8 Å². The van der Waals surface area contributed by atoms with Gasteiger partial charge < -0.3 is 14.6 Å². The van der Waals surface area contributed by atoms with E-state index < -0.39 is 5.97 Å². The van der Waals surface area contributed by atoms with Crippen LogP contribution < -0.4 is 9.47 Å². The molecule has 0 aliphatic carbocycles. The maximum absolute atomic E-state index is 10.8. The van der Waals surface area contributed by atoms with Crippen molar-refractivity contribution >= 4 is 21.9 Å². The highest BCUT2D eigenvalue weighted by Gasteiger charge is 2.22. The first-order chi connectivity index (χ1) is 6.70. The van der Waals surface area contributed by atoms with Crippen molar-refractivity contribution in [1.29, 1.82) is 0 Å². The summed E-state index contributed by atoms with van der Waals surface area (Å²) in [6.45, 7) is 0.818. The van der Waals surface area contributed by atoms with Crippen molar-refractivity contribution < 1.29 is 19.4 Å². The molecule has 74 valence electrons. The molecule has 1 aromatic carbocycles. The van der Waals surface area contributed by atoms with E-state index in [4.69, 9.17) is 14.6 Å². The number of aromatic carboxylic acids is 1. The monoisotopic (exact) mass is 258 g/mol. The van der Waals surface area contributed by atoms with E-state index in [1.165, 1.54) is 6.07 Å². The predicted molar refractivity (Wildman–Crippen MR) is 52.1 cm³/mol. The van der Waals surface area contributed by atoms with Gasteiger partial charge in [-0.05, 0) is 28.1 Å². The lowest BCUT2D eigenvalue weighted by Gasteiger charge is -2.20.